The normalized spacial score (nSPS) is 24.0. The maximum atomic E-state index is 5.71. The van der Waals surface area contributed by atoms with E-state index >= 15 is 0 Å². The van der Waals surface area contributed by atoms with Crippen LogP contribution in [-0.2, 0) is 0 Å². The summed E-state index contributed by atoms with van der Waals surface area (Å²) in [6, 6.07) is 1.09. The highest BCUT2D eigenvalue weighted by atomic mass is 15.4. The molecule has 0 amide bonds. The van der Waals surface area contributed by atoms with Gasteiger partial charge in [-0.05, 0) is 25.7 Å². The molecular weight excluding hydrogens is 236 g/mol. The molecule has 0 aromatic heterocycles. The zero-order chi connectivity index (χ0) is 13.5. The lowest BCUT2D eigenvalue weighted by Crippen LogP contribution is -2.48. The predicted octanol–water partition coefficient (Wildman–Crippen LogP) is 2.79. The van der Waals surface area contributed by atoms with Crippen LogP contribution in [0.2, 0.25) is 0 Å². The highest BCUT2D eigenvalue weighted by molar-refractivity contribution is 5.79. The van der Waals surface area contributed by atoms with Gasteiger partial charge in [-0.15, -0.1) is 0 Å². The van der Waals surface area contributed by atoms with Crippen LogP contribution in [0, 0.1) is 0 Å². The average molecular weight is 266 g/mol. The summed E-state index contributed by atoms with van der Waals surface area (Å²) in [5.41, 5.74) is 2.84. The van der Waals surface area contributed by atoms with Crippen molar-refractivity contribution in [2.75, 3.05) is 7.05 Å². The Morgan fingerprint density at radius 1 is 0.947 bits per heavy atom. The molecule has 0 saturated heterocycles. The minimum absolute atomic E-state index is 0.480. The zero-order valence-corrected chi connectivity index (χ0v) is 12.4. The van der Waals surface area contributed by atoms with Crippen molar-refractivity contribution in [1.29, 1.82) is 0 Å². The Balaban J connectivity index is 1.95. The van der Waals surface area contributed by atoms with Gasteiger partial charge in [0.25, 0.3) is 0 Å². The molecule has 4 nitrogen and oxygen atoms in total. The average Bonchev–Trinajstić information content (AvgIpc) is 2.74. The third-order valence-electron chi connectivity index (χ3n) is 4.72. The van der Waals surface area contributed by atoms with E-state index in [1.54, 1.807) is 0 Å². The van der Waals surface area contributed by atoms with Crippen LogP contribution in [0.25, 0.3) is 0 Å². The number of hydrogen-bond donors (Lipinski definition) is 2. The highest BCUT2D eigenvalue weighted by Crippen LogP contribution is 2.23. The second-order valence-electron chi connectivity index (χ2n) is 6.15. The molecule has 0 spiro atoms. The van der Waals surface area contributed by atoms with Crippen molar-refractivity contribution < 1.29 is 0 Å². The summed E-state index contributed by atoms with van der Waals surface area (Å²) in [4.78, 5) is 7.16. The molecule has 0 unspecified atom stereocenters. The van der Waals surface area contributed by atoms with Crippen LogP contribution in [0.5, 0.6) is 0 Å². The van der Waals surface area contributed by atoms with E-state index in [0.29, 0.717) is 12.1 Å². The standard InChI is InChI=1S/C15H30N4/c1-19(14-11-7-2-3-8-12-14)15(18-16)17-13-9-5-4-6-10-13/h13-14H,2-12,16H2,1H3,(H,17,18). The second kappa shape index (κ2) is 7.73. The molecule has 4 heteroatoms. The molecule has 3 N–H and O–H groups in total. The van der Waals surface area contributed by atoms with Crippen LogP contribution in [-0.4, -0.2) is 30.0 Å². The Morgan fingerprint density at radius 2 is 1.47 bits per heavy atom. The first kappa shape index (κ1) is 14.6. The van der Waals surface area contributed by atoms with Crippen molar-refractivity contribution >= 4 is 5.96 Å². The predicted molar refractivity (Wildman–Crippen MR) is 80.9 cm³/mol. The minimum atomic E-state index is 0.480. The van der Waals surface area contributed by atoms with Crippen molar-refractivity contribution in [1.82, 2.24) is 10.3 Å². The van der Waals surface area contributed by atoms with E-state index in [4.69, 9.17) is 10.8 Å². The molecule has 2 aliphatic rings. The molecule has 2 saturated carbocycles. The maximum absolute atomic E-state index is 5.71. The van der Waals surface area contributed by atoms with Gasteiger partial charge in [-0.3, -0.25) is 5.43 Å². The number of aliphatic imine (C=N–C) groups is 1. The number of guanidine groups is 1. The lowest BCUT2D eigenvalue weighted by atomic mass is 9.96. The SMILES string of the molecule is CN(C(=NC1CCCCC1)NN)C1CCCCCC1. The summed E-state index contributed by atoms with van der Waals surface area (Å²) in [5.74, 6) is 6.62. The molecule has 2 fully saturated rings. The third-order valence-corrected chi connectivity index (χ3v) is 4.72. The van der Waals surface area contributed by atoms with E-state index in [2.05, 4.69) is 17.4 Å². The number of hydrazine groups is 1. The highest BCUT2D eigenvalue weighted by Gasteiger charge is 2.21. The van der Waals surface area contributed by atoms with Crippen LogP contribution in [0.4, 0.5) is 0 Å². The van der Waals surface area contributed by atoms with Crippen molar-refractivity contribution in [3.05, 3.63) is 0 Å². The Kier molecular flexibility index (Phi) is 5.95. The fourth-order valence-electron chi connectivity index (χ4n) is 3.43. The monoisotopic (exact) mass is 266 g/mol. The molecule has 110 valence electrons. The quantitative estimate of drug-likeness (QED) is 0.266. The molecule has 0 atom stereocenters. The molecule has 2 rings (SSSR count). The number of nitrogens with two attached hydrogens (primary N) is 1. The Labute approximate surface area is 117 Å². The minimum Gasteiger partial charge on any atom is -0.342 e. The molecule has 2 aliphatic carbocycles. The van der Waals surface area contributed by atoms with Gasteiger partial charge in [0.1, 0.15) is 0 Å². The van der Waals surface area contributed by atoms with Crippen LogP contribution in [0.3, 0.4) is 0 Å². The second-order valence-corrected chi connectivity index (χ2v) is 6.15. The summed E-state index contributed by atoms with van der Waals surface area (Å²) in [5, 5.41) is 0. The number of nitrogens with zero attached hydrogens (tertiary/aromatic N) is 2. The number of rotatable bonds is 2. The maximum Gasteiger partial charge on any atom is 0.208 e. The summed E-state index contributed by atoms with van der Waals surface area (Å²) in [6.07, 6.45) is 14.5. The first-order valence-corrected chi connectivity index (χ1v) is 8.08. The molecule has 0 heterocycles. The first-order valence-electron chi connectivity index (χ1n) is 8.08. The molecule has 0 bridgehead atoms. The molecule has 0 radical (unpaired) electrons. The van der Waals surface area contributed by atoms with E-state index in [1.165, 1.54) is 70.6 Å². The fraction of sp³-hybridized carbons (Fsp3) is 0.933. The first-order chi connectivity index (χ1) is 9.31. The smallest absolute Gasteiger partial charge is 0.208 e. The van der Waals surface area contributed by atoms with Gasteiger partial charge < -0.3 is 4.90 Å². The third kappa shape index (κ3) is 4.37. The van der Waals surface area contributed by atoms with E-state index in [1.807, 2.05) is 0 Å². The van der Waals surface area contributed by atoms with E-state index in [0.717, 1.165) is 5.96 Å². The van der Waals surface area contributed by atoms with Crippen molar-refractivity contribution in [3.8, 4) is 0 Å². The van der Waals surface area contributed by atoms with Gasteiger partial charge in [0.05, 0.1) is 6.04 Å². The van der Waals surface area contributed by atoms with Crippen LogP contribution in [0.1, 0.15) is 70.6 Å². The number of hydrogen-bond acceptors (Lipinski definition) is 2. The summed E-state index contributed by atoms with van der Waals surface area (Å²) in [6.45, 7) is 0. The fourth-order valence-corrected chi connectivity index (χ4v) is 3.43. The zero-order valence-electron chi connectivity index (χ0n) is 12.4. The van der Waals surface area contributed by atoms with Crippen molar-refractivity contribution in [3.63, 3.8) is 0 Å². The summed E-state index contributed by atoms with van der Waals surface area (Å²) >= 11 is 0. The van der Waals surface area contributed by atoms with Crippen molar-refractivity contribution in [2.24, 2.45) is 10.8 Å². The molecule has 19 heavy (non-hydrogen) atoms. The van der Waals surface area contributed by atoms with Gasteiger partial charge in [0.2, 0.25) is 5.96 Å². The van der Waals surface area contributed by atoms with Gasteiger partial charge in [0.15, 0.2) is 0 Å². The number of nitrogens with one attached hydrogen (secondary N) is 1. The summed E-state index contributed by atoms with van der Waals surface area (Å²) < 4.78 is 0. The Bertz CT molecular complexity index is 276. The lowest BCUT2D eigenvalue weighted by molar-refractivity contribution is 0.316. The van der Waals surface area contributed by atoms with Crippen molar-refractivity contribution in [2.45, 2.75) is 82.7 Å². The van der Waals surface area contributed by atoms with Gasteiger partial charge in [-0.2, -0.15) is 0 Å². The molecule has 0 aromatic carbocycles. The molecule has 0 aromatic rings. The Hall–Kier alpha value is -0.770. The Morgan fingerprint density at radius 3 is 2.05 bits per heavy atom. The lowest BCUT2D eigenvalue weighted by Gasteiger charge is -2.31. The topological polar surface area (TPSA) is 53.6 Å². The molecule has 0 aliphatic heterocycles. The van der Waals surface area contributed by atoms with Crippen LogP contribution < -0.4 is 11.3 Å². The van der Waals surface area contributed by atoms with Gasteiger partial charge >= 0.3 is 0 Å². The largest absolute Gasteiger partial charge is 0.342 e. The summed E-state index contributed by atoms with van der Waals surface area (Å²) in [7, 11) is 2.15. The van der Waals surface area contributed by atoms with E-state index in [-0.39, 0.29) is 0 Å². The van der Waals surface area contributed by atoms with Gasteiger partial charge in [-0.25, -0.2) is 10.8 Å². The van der Waals surface area contributed by atoms with E-state index in [9.17, 15) is 0 Å². The van der Waals surface area contributed by atoms with Crippen LogP contribution in [0.15, 0.2) is 4.99 Å². The van der Waals surface area contributed by atoms with Gasteiger partial charge in [-0.1, -0.05) is 44.9 Å². The van der Waals surface area contributed by atoms with E-state index < -0.39 is 0 Å². The van der Waals surface area contributed by atoms with Crippen LogP contribution >= 0.6 is 0 Å². The van der Waals surface area contributed by atoms with Gasteiger partial charge in [0, 0.05) is 13.1 Å². The molecular formula is C15H30N4.